The molecule has 2 atom stereocenters. The van der Waals surface area contributed by atoms with Gasteiger partial charge in [0.2, 0.25) is 0 Å². The normalized spacial score (nSPS) is 20.7. The summed E-state index contributed by atoms with van der Waals surface area (Å²) in [4.78, 5) is 6.30. The number of likely N-dealkylation sites (tertiary alicyclic amines) is 1. The van der Waals surface area contributed by atoms with Gasteiger partial charge in [0, 0.05) is 31.2 Å². The molecule has 0 radical (unpaired) electrons. The molecule has 1 aliphatic heterocycles. The Hall–Kier alpha value is -2.57. The molecule has 0 spiro atoms. The number of β-amino-alcohol motifs (C(OH)–C–C–N with tert-alkyl or cyclic N) is 1. The van der Waals surface area contributed by atoms with E-state index in [2.05, 4.69) is 4.98 Å². The van der Waals surface area contributed by atoms with E-state index in [0.717, 1.165) is 17.0 Å². The molecule has 27 heavy (non-hydrogen) atoms. The van der Waals surface area contributed by atoms with Crippen LogP contribution in [0.2, 0.25) is 0 Å². The summed E-state index contributed by atoms with van der Waals surface area (Å²) < 4.78 is 32.4. The molecule has 2 aromatic carbocycles. The predicted octanol–water partition coefficient (Wildman–Crippen LogP) is 3.53. The Morgan fingerprint density at radius 3 is 2.81 bits per heavy atom. The Morgan fingerprint density at radius 2 is 2.00 bits per heavy atom. The number of piperidine rings is 1. The van der Waals surface area contributed by atoms with Crippen molar-refractivity contribution in [3.05, 3.63) is 71.9 Å². The van der Waals surface area contributed by atoms with Crippen molar-refractivity contribution in [2.75, 3.05) is 13.1 Å². The van der Waals surface area contributed by atoms with E-state index in [9.17, 15) is 13.9 Å². The number of aliphatic hydroxyl groups excluding tert-OH is 1. The number of halogens is 2. The quantitative estimate of drug-likeness (QED) is 0.763. The van der Waals surface area contributed by atoms with Crippen molar-refractivity contribution in [1.82, 2.24) is 9.88 Å². The number of benzene rings is 2. The van der Waals surface area contributed by atoms with Crippen LogP contribution in [0, 0.1) is 11.6 Å². The van der Waals surface area contributed by atoms with Crippen molar-refractivity contribution in [2.24, 2.45) is 0 Å². The largest absolute Gasteiger partial charge is 0.488 e. The van der Waals surface area contributed by atoms with Crippen LogP contribution < -0.4 is 4.74 Å². The van der Waals surface area contributed by atoms with E-state index in [-0.39, 0.29) is 6.10 Å². The molecule has 1 fully saturated rings. The van der Waals surface area contributed by atoms with Crippen LogP contribution in [0.25, 0.3) is 10.9 Å². The third kappa shape index (κ3) is 4.07. The van der Waals surface area contributed by atoms with Gasteiger partial charge in [0.1, 0.15) is 18.0 Å². The van der Waals surface area contributed by atoms with Crippen LogP contribution in [0.1, 0.15) is 12.0 Å². The summed E-state index contributed by atoms with van der Waals surface area (Å²) in [5.41, 5.74) is 1.58. The fourth-order valence-corrected chi connectivity index (χ4v) is 3.45. The van der Waals surface area contributed by atoms with Gasteiger partial charge in [0.05, 0.1) is 5.52 Å². The van der Waals surface area contributed by atoms with Gasteiger partial charge in [-0.15, -0.1) is 0 Å². The molecular formula is C21H20F2N2O2. The molecule has 1 saturated heterocycles. The Labute approximate surface area is 156 Å². The fourth-order valence-electron chi connectivity index (χ4n) is 3.45. The summed E-state index contributed by atoms with van der Waals surface area (Å²) in [6.07, 6.45) is 1.43. The maximum atomic E-state index is 13.4. The van der Waals surface area contributed by atoms with Crippen LogP contribution in [-0.4, -0.2) is 40.3 Å². The predicted molar refractivity (Wildman–Crippen MR) is 98.4 cm³/mol. The van der Waals surface area contributed by atoms with E-state index in [0.29, 0.717) is 37.4 Å². The summed E-state index contributed by atoms with van der Waals surface area (Å²) in [5, 5.41) is 11.5. The molecular weight excluding hydrogens is 350 g/mol. The average Bonchev–Trinajstić information content (AvgIpc) is 2.67. The fraction of sp³-hybridized carbons (Fsp3) is 0.286. The van der Waals surface area contributed by atoms with Gasteiger partial charge < -0.3 is 9.84 Å². The number of ether oxygens (including phenoxy) is 1. The molecule has 1 aromatic heterocycles. The molecule has 0 amide bonds. The number of aliphatic hydroxyl groups is 1. The minimum Gasteiger partial charge on any atom is -0.488 e. The van der Waals surface area contributed by atoms with E-state index in [1.807, 2.05) is 35.2 Å². The number of rotatable bonds is 4. The van der Waals surface area contributed by atoms with E-state index in [4.69, 9.17) is 4.74 Å². The maximum Gasteiger partial charge on any atom is 0.159 e. The van der Waals surface area contributed by atoms with Gasteiger partial charge in [-0.2, -0.15) is 0 Å². The van der Waals surface area contributed by atoms with Crippen molar-refractivity contribution in [3.8, 4) is 5.75 Å². The van der Waals surface area contributed by atoms with Crippen LogP contribution in [-0.2, 0) is 6.54 Å². The number of nitrogens with zero attached hydrogens (tertiary/aromatic N) is 2. The van der Waals surface area contributed by atoms with Crippen LogP contribution in [0.15, 0.2) is 54.7 Å². The van der Waals surface area contributed by atoms with Gasteiger partial charge in [-0.1, -0.05) is 12.1 Å². The first-order chi connectivity index (χ1) is 13.1. The number of hydrogen-bond donors (Lipinski definition) is 1. The molecule has 1 N–H and O–H groups in total. The highest BCUT2D eigenvalue weighted by Gasteiger charge is 2.29. The third-order valence-electron chi connectivity index (χ3n) is 4.86. The lowest BCUT2D eigenvalue weighted by molar-refractivity contribution is -0.0274. The summed E-state index contributed by atoms with van der Waals surface area (Å²) in [6.45, 7) is 1.58. The molecule has 3 aromatic rings. The molecule has 0 aliphatic carbocycles. The second-order valence-electron chi connectivity index (χ2n) is 6.85. The van der Waals surface area contributed by atoms with Crippen molar-refractivity contribution in [2.45, 2.75) is 25.2 Å². The van der Waals surface area contributed by atoms with Crippen LogP contribution >= 0.6 is 0 Å². The topological polar surface area (TPSA) is 45.6 Å². The molecule has 6 heteroatoms. The number of aromatic nitrogens is 1. The second kappa shape index (κ2) is 7.58. The molecule has 0 unspecified atom stereocenters. The Balaban J connectivity index is 1.38. The highest BCUT2D eigenvalue weighted by atomic mass is 19.2. The van der Waals surface area contributed by atoms with E-state index in [1.54, 1.807) is 12.3 Å². The monoisotopic (exact) mass is 370 g/mol. The maximum absolute atomic E-state index is 13.4. The lowest BCUT2D eigenvalue weighted by atomic mass is 10.0. The SMILES string of the molecule is O[C@@H]1CN(Cc2ccc(F)c(F)c2)CC[C@H]1Oc1ccc2ncccc2c1. The lowest BCUT2D eigenvalue weighted by Gasteiger charge is -2.36. The summed E-state index contributed by atoms with van der Waals surface area (Å²) in [6, 6.07) is 13.4. The first-order valence-electron chi connectivity index (χ1n) is 8.94. The van der Waals surface area contributed by atoms with Crippen LogP contribution in [0.4, 0.5) is 8.78 Å². The van der Waals surface area contributed by atoms with Crippen molar-refractivity contribution >= 4 is 10.9 Å². The number of fused-ring (bicyclic) bond motifs is 1. The van der Waals surface area contributed by atoms with E-state index < -0.39 is 17.7 Å². The van der Waals surface area contributed by atoms with Gasteiger partial charge >= 0.3 is 0 Å². The molecule has 0 saturated carbocycles. The molecule has 140 valence electrons. The Bertz CT molecular complexity index is 950. The first-order valence-corrected chi connectivity index (χ1v) is 8.94. The highest BCUT2D eigenvalue weighted by molar-refractivity contribution is 5.79. The van der Waals surface area contributed by atoms with E-state index >= 15 is 0 Å². The lowest BCUT2D eigenvalue weighted by Crippen LogP contribution is -2.48. The zero-order valence-electron chi connectivity index (χ0n) is 14.7. The number of pyridine rings is 1. The molecule has 0 bridgehead atoms. The second-order valence-corrected chi connectivity index (χ2v) is 6.85. The highest BCUT2D eigenvalue weighted by Crippen LogP contribution is 2.24. The molecule has 2 heterocycles. The van der Waals surface area contributed by atoms with Crippen molar-refractivity contribution < 1.29 is 18.6 Å². The van der Waals surface area contributed by atoms with Crippen LogP contribution in [0.5, 0.6) is 5.75 Å². The molecule has 4 rings (SSSR count). The van der Waals surface area contributed by atoms with Gasteiger partial charge in [0.15, 0.2) is 11.6 Å². The summed E-state index contributed by atoms with van der Waals surface area (Å²) in [7, 11) is 0. The molecule has 4 nitrogen and oxygen atoms in total. The summed E-state index contributed by atoms with van der Waals surface area (Å²) in [5.74, 6) is -0.998. The number of hydrogen-bond acceptors (Lipinski definition) is 4. The van der Waals surface area contributed by atoms with Gasteiger partial charge in [-0.3, -0.25) is 9.88 Å². The van der Waals surface area contributed by atoms with Crippen molar-refractivity contribution in [3.63, 3.8) is 0 Å². The smallest absolute Gasteiger partial charge is 0.159 e. The summed E-state index contributed by atoms with van der Waals surface area (Å²) >= 11 is 0. The minimum atomic E-state index is -0.850. The average molecular weight is 370 g/mol. The van der Waals surface area contributed by atoms with E-state index in [1.165, 1.54) is 6.07 Å². The Kier molecular flexibility index (Phi) is 5.01. The first kappa shape index (κ1) is 17.8. The zero-order chi connectivity index (χ0) is 18.8. The van der Waals surface area contributed by atoms with Crippen molar-refractivity contribution in [1.29, 1.82) is 0 Å². The Morgan fingerprint density at radius 1 is 1.11 bits per heavy atom. The third-order valence-corrected chi connectivity index (χ3v) is 4.86. The zero-order valence-corrected chi connectivity index (χ0v) is 14.7. The van der Waals surface area contributed by atoms with Gasteiger partial charge in [-0.05, 0) is 48.4 Å². The van der Waals surface area contributed by atoms with Crippen LogP contribution in [0.3, 0.4) is 0 Å². The molecule has 1 aliphatic rings. The van der Waals surface area contributed by atoms with Gasteiger partial charge in [-0.25, -0.2) is 8.78 Å². The standard InChI is InChI=1S/C21H20F2N2O2/c22-17-5-3-14(10-18(17)23)12-25-9-7-21(20(26)13-25)27-16-4-6-19-15(11-16)2-1-8-24-19/h1-6,8,10-11,20-21,26H,7,9,12-13H2/t20-,21-/m1/s1. The van der Waals surface area contributed by atoms with Gasteiger partial charge in [0.25, 0.3) is 0 Å². The minimum absolute atomic E-state index is 0.305.